The summed E-state index contributed by atoms with van der Waals surface area (Å²) in [4.78, 5) is 26.4. The van der Waals surface area contributed by atoms with E-state index < -0.39 is 0 Å². The molecule has 0 bridgehead atoms. The SMILES string of the molecule is CC(NC(=O)[C@@H]1CSCN1C(=O)C1CC1)c1ccccc1. The lowest BCUT2D eigenvalue weighted by atomic mass is 10.1. The average Bonchev–Trinajstić information content (AvgIpc) is 3.23. The molecule has 2 atom stereocenters. The summed E-state index contributed by atoms with van der Waals surface area (Å²) >= 11 is 1.66. The van der Waals surface area contributed by atoms with Gasteiger partial charge in [0.15, 0.2) is 0 Å². The number of nitrogens with zero attached hydrogens (tertiary/aromatic N) is 1. The van der Waals surface area contributed by atoms with Gasteiger partial charge in [0.1, 0.15) is 6.04 Å². The van der Waals surface area contributed by atoms with Crippen LogP contribution < -0.4 is 5.32 Å². The van der Waals surface area contributed by atoms with E-state index in [4.69, 9.17) is 0 Å². The third kappa shape index (κ3) is 3.23. The van der Waals surface area contributed by atoms with Crippen LogP contribution in [0.25, 0.3) is 0 Å². The molecule has 1 aliphatic carbocycles. The van der Waals surface area contributed by atoms with Crippen molar-refractivity contribution in [2.45, 2.75) is 31.8 Å². The Balaban J connectivity index is 1.63. The predicted molar refractivity (Wildman–Crippen MR) is 83.7 cm³/mol. The number of benzene rings is 1. The first-order valence-electron chi connectivity index (χ1n) is 7.40. The summed E-state index contributed by atoms with van der Waals surface area (Å²) in [5.41, 5.74) is 1.08. The van der Waals surface area contributed by atoms with Crippen LogP contribution in [0.3, 0.4) is 0 Å². The molecular formula is C16H20N2O2S. The van der Waals surface area contributed by atoms with Gasteiger partial charge in [0, 0.05) is 11.7 Å². The Morgan fingerprint density at radius 1 is 1.29 bits per heavy atom. The fourth-order valence-electron chi connectivity index (χ4n) is 2.58. The van der Waals surface area contributed by atoms with E-state index in [0.29, 0.717) is 11.6 Å². The van der Waals surface area contributed by atoms with Crippen molar-refractivity contribution in [2.24, 2.45) is 5.92 Å². The smallest absolute Gasteiger partial charge is 0.244 e. The van der Waals surface area contributed by atoms with Gasteiger partial charge in [-0.1, -0.05) is 30.3 Å². The lowest BCUT2D eigenvalue weighted by Crippen LogP contribution is -2.48. The third-order valence-corrected chi connectivity index (χ3v) is 5.07. The molecule has 0 aromatic heterocycles. The number of nitrogens with one attached hydrogen (secondary N) is 1. The molecule has 1 unspecified atom stereocenters. The van der Waals surface area contributed by atoms with Crippen LogP contribution >= 0.6 is 11.8 Å². The maximum Gasteiger partial charge on any atom is 0.244 e. The Bertz CT molecular complexity index is 530. The maximum atomic E-state index is 12.5. The van der Waals surface area contributed by atoms with Crippen LogP contribution in [0, 0.1) is 5.92 Å². The Hall–Kier alpha value is -1.49. The molecule has 1 saturated heterocycles. The zero-order chi connectivity index (χ0) is 14.8. The standard InChI is InChI=1S/C16H20N2O2S/c1-11(12-5-3-2-4-6-12)17-15(19)14-9-21-10-18(14)16(20)13-7-8-13/h2-6,11,13-14H,7-10H2,1H3,(H,17,19)/t11?,14-/m0/s1. The number of hydrogen-bond donors (Lipinski definition) is 1. The average molecular weight is 304 g/mol. The Labute approximate surface area is 129 Å². The zero-order valence-electron chi connectivity index (χ0n) is 12.1. The molecule has 1 aromatic carbocycles. The number of hydrogen-bond acceptors (Lipinski definition) is 3. The highest BCUT2D eigenvalue weighted by atomic mass is 32.2. The second kappa shape index (κ2) is 6.10. The fourth-order valence-corrected chi connectivity index (χ4v) is 3.74. The minimum atomic E-state index is -0.311. The van der Waals surface area contributed by atoms with Gasteiger partial charge < -0.3 is 10.2 Å². The van der Waals surface area contributed by atoms with Crippen LogP contribution in [0.4, 0.5) is 0 Å². The van der Waals surface area contributed by atoms with Crippen molar-refractivity contribution in [2.75, 3.05) is 11.6 Å². The van der Waals surface area contributed by atoms with Gasteiger partial charge in [0.05, 0.1) is 11.9 Å². The van der Waals surface area contributed by atoms with Crippen molar-refractivity contribution in [3.8, 4) is 0 Å². The van der Waals surface area contributed by atoms with Gasteiger partial charge in [0.2, 0.25) is 11.8 Å². The summed E-state index contributed by atoms with van der Waals surface area (Å²) < 4.78 is 0. The van der Waals surface area contributed by atoms with Gasteiger partial charge in [-0.15, -0.1) is 11.8 Å². The van der Waals surface area contributed by atoms with Gasteiger partial charge in [0.25, 0.3) is 0 Å². The lowest BCUT2D eigenvalue weighted by molar-refractivity contribution is -0.139. The molecule has 2 aliphatic rings. The quantitative estimate of drug-likeness (QED) is 0.927. The van der Waals surface area contributed by atoms with Gasteiger partial charge in [-0.05, 0) is 25.3 Å². The maximum absolute atomic E-state index is 12.5. The molecule has 21 heavy (non-hydrogen) atoms. The number of thioether (sulfide) groups is 1. The van der Waals surface area contributed by atoms with Crippen LogP contribution in [0.2, 0.25) is 0 Å². The second-order valence-electron chi connectivity index (χ2n) is 5.74. The van der Waals surface area contributed by atoms with Gasteiger partial charge in [-0.3, -0.25) is 9.59 Å². The summed E-state index contributed by atoms with van der Waals surface area (Å²) in [5, 5.41) is 3.04. The van der Waals surface area contributed by atoms with E-state index in [-0.39, 0.29) is 29.8 Å². The Morgan fingerprint density at radius 3 is 2.67 bits per heavy atom. The van der Waals surface area contributed by atoms with Crippen molar-refractivity contribution in [1.29, 1.82) is 0 Å². The van der Waals surface area contributed by atoms with E-state index >= 15 is 0 Å². The molecule has 1 aliphatic heterocycles. The van der Waals surface area contributed by atoms with Crippen molar-refractivity contribution < 1.29 is 9.59 Å². The van der Waals surface area contributed by atoms with Gasteiger partial charge >= 0.3 is 0 Å². The van der Waals surface area contributed by atoms with Crippen LogP contribution in [0.15, 0.2) is 30.3 Å². The molecule has 5 heteroatoms. The molecule has 2 fully saturated rings. The highest BCUT2D eigenvalue weighted by Crippen LogP contribution is 2.34. The lowest BCUT2D eigenvalue weighted by Gasteiger charge is -2.25. The molecule has 1 heterocycles. The van der Waals surface area contributed by atoms with Crippen molar-refractivity contribution in [3.63, 3.8) is 0 Å². The van der Waals surface area contributed by atoms with Crippen LogP contribution in [-0.4, -0.2) is 34.4 Å². The fraction of sp³-hybridized carbons (Fsp3) is 0.500. The van der Waals surface area contributed by atoms with E-state index in [1.165, 1.54) is 0 Å². The summed E-state index contributed by atoms with van der Waals surface area (Å²) in [6, 6.07) is 9.54. The first-order chi connectivity index (χ1) is 10.2. The van der Waals surface area contributed by atoms with E-state index in [9.17, 15) is 9.59 Å². The third-order valence-electron chi connectivity index (χ3n) is 4.05. The molecule has 1 N–H and O–H groups in total. The normalized spacial score (nSPS) is 22.9. The Morgan fingerprint density at radius 2 is 2.00 bits per heavy atom. The predicted octanol–water partition coefficient (Wildman–Crippen LogP) is 2.18. The van der Waals surface area contributed by atoms with Crippen LogP contribution in [0.5, 0.6) is 0 Å². The number of amides is 2. The molecule has 0 spiro atoms. The number of rotatable bonds is 4. The summed E-state index contributed by atoms with van der Waals surface area (Å²) in [5.74, 6) is 1.64. The van der Waals surface area contributed by atoms with E-state index in [1.807, 2.05) is 37.3 Å². The molecule has 3 rings (SSSR count). The van der Waals surface area contributed by atoms with E-state index in [1.54, 1.807) is 16.7 Å². The minimum absolute atomic E-state index is 0.0367. The second-order valence-corrected chi connectivity index (χ2v) is 6.74. The van der Waals surface area contributed by atoms with Crippen molar-refractivity contribution >= 4 is 23.6 Å². The molecule has 4 nitrogen and oxygen atoms in total. The van der Waals surface area contributed by atoms with Crippen LogP contribution in [-0.2, 0) is 9.59 Å². The monoisotopic (exact) mass is 304 g/mol. The van der Waals surface area contributed by atoms with E-state index in [2.05, 4.69) is 5.32 Å². The summed E-state index contributed by atoms with van der Waals surface area (Å²) in [6.45, 7) is 1.97. The van der Waals surface area contributed by atoms with Gasteiger partial charge in [-0.25, -0.2) is 0 Å². The molecular weight excluding hydrogens is 284 g/mol. The largest absolute Gasteiger partial charge is 0.348 e. The van der Waals surface area contributed by atoms with Crippen molar-refractivity contribution in [1.82, 2.24) is 10.2 Å². The highest BCUT2D eigenvalue weighted by molar-refractivity contribution is 7.99. The Kier molecular flexibility index (Phi) is 4.19. The molecule has 112 valence electrons. The number of carbonyl (C=O) groups is 2. The van der Waals surface area contributed by atoms with E-state index in [0.717, 1.165) is 18.4 Å². The molecule has 0 radical (unpaired) electrons. The minimum Gasteiger partial charge on any atom is -0.348 e. The molecule has 1 saturated carbocycles. The topological polar surface area (TPSA) is 49.4 Å². The number of carbonyl (C=O) groups excluding carboxylic acids is 2. The summed E-state index contributed by atoms with van der Waals surface area (Å²) in [7, 11) is 0. The summed E-state index contributed by atoms with van der Waals surface area (Å²) in [6.07, 6.45) is 1.96. The van der Waals surface area contributed by atoms with Gasteiger partial charge in [-0.2, -0.15) is 0 Å². The molecule has 2 amide bonds. The molecule has 1 aromatic rings. The first kappa shape index (κ1) is 14.4. The highest BCUT2D eigenvalue weighted by Gasteiger charge is 2.41. The zero-order valence-corrected chi connectivity index (χ0v) is 12.9. The van der Waals surface area contributed by atoms with Crippen LogP contribution in [0.1, 0.15) is 31.4 Å². The first-order valence-corrected chi connectivity index (χ1v) is 8.56. The van der Waals surface area contributed by atoms with Crippen molar-refractivity contribution in [3.05, 3.63) is 35.9 Å².